The average molecular weight is 377 g/mol. The minimum absolute atomic E-state index is 0.0109. The van der Waals surface area contributed by atoms with Crippen molar-refractivity contribution in [3.8, 4) is 5.69 Å². The number of halogens is 4. The molecule has 0 aliphatic carbocycles. The maximum absolute atomic E-state index is 13.9. The number of amides is 1. The second-order valence-electron chi connectivity index (χ2n) is 6.04. The number of carbonyl (C=O) groups is 1. The third-order valence-corrected chi connectivity index (χ3v) is 4.05. The van der Waals surface area contributed by atoms with E-state index in [0.717, 1.165) is 12.1 Å². The number of nitrogens with one attached hydrogen (secondary N) is 1. The van der Waals surface area contributed by atoms with Crippen LogP contribution in [-0.2, 0) is 6.18 Å². The number of benzene rings is 2. The van der Waals surface area contributed by atoms with Gasteiger partial charge in [-0.05, 0) is 49.7 Å². The molecule has 0 bridgehead atoms. The molecule has 0 saturated carbocycles. The molecule has 0 saturated heterocycles. The van der Waals surface area contributed by atoms with Crippen LogP contribution < -0.4 is 5.32 Å². The van der Waals surface area contributed by atoms with Crippen LogP contribution in [0.3, 0.4) is 0 Å². The second kappa shape index (κ2) is 6.86. The van der Waals surface area contributed by atoms with Crippen molar-refractivity contribution in [1.82, 2.24) is 9.78 Å². The Morgan fingerprint density at radius 1 is 1.11 bits per heavy atom. The summed E-state index contributed by atoms with van der Waals surface area (Å²) in [5, 5.41) is 6.45. The Kier molecular flexibility index (Phi) is 4.73. The van der Waals surface area contributed by atoms with Gasteiger partial charge in [0, 0.05) is 0 Å². The van der Waals surface area contributed by atoms with E-state index in [2.05, 4.69) is 10.4 Å². The van der Waals surface area contributed by atoms with Crippen molar-refractivity contribution in [2.75, 3.05) is 5.32 Å². The van der Waals surface area contributed by atoms with Crippen LogP contribution >= 0.6 is 0 Å². The fourth-order valence-corrected chi connectivity index (χ4v) is 2.62. The first kappa shape index (κ1) is 18.6. The van der Waals surface area contributed by atoms with Gasteiger partial charge in [-0.2, -0.15) is 18.3 Å². The van der Waals surface area contributed by atoms with Crippen molar-refractivity contribution in [2.24, 2.45) is 0 Å². The predicted molar refractivity (Wildman–Crippen MR) is 92.4 cm³/mol. The van der Waals surface area contributed by atoms with E-state index in [9.17, 15) is 22.4 Å². The summed E-state index contributed by atoms with van der Waals surface area (Å²) in [6.07, 6.45) is -3.25. The molecule has 0 spiro atoms. The Labute approximate surface area is 152 Å². The van der Waals surface area contributed by atoms with Gasteiger partial charge in [0.25, 0.3) is 5.91 Å². The van der Waals surface area contributed by atoms with Gasteiger partial charge >= 0.3 is 6.18 Å². The minimum Gasteiger partial charge on any atom is -0.319 e. The molecule has 8 heteroatoms. The molecular formula is C19H15F4N3O. The molecule has 140 valence electrons. The van der Waals surface area contributed by atoms with Crippen LogP contribution in [0.2, 0.25) is 0 Å². The normalized spacial score (nSPS) is 11.5. The van der Waals surface area contributed by atoms with Crippen molar-refractivity contribution >= 4 is 11.6 Å². The van der Waals surface area contributed by atoms with E-state index in [1.807, 2.05) is 0 Å². The Hall–Kier alpha value is -3.16. The molecule has 0 radical (unpaired) electrons. The topological polar surface area (TPSA) is 46.9 Å². The average Bonchev–Trinajstić information content (AvgIpc) is 2.98. The van der Waals surface area contributed by atoms with Gasteiger partial charge in [-0.1, -0.05) is 12.1 Å². The molecule has 0 unspecified atom stereocenters. The number of anilines is 1. The Morgan fingerprint density at radius 3 is 2.52 bits per heavy atom. The number of aryl methyl sites for hydroxylation is 1. The highest BCUT2D eigenvalue weighted by atomic mass is 19.4. The van der Waals surface area contributed by atoms with E-state index >= 15 is 0 Å². The highest BCUT2D eigenvalue weighted by molar-refractivity contribution is 6.05. The summed E-state index contributed by atoms with van der Waals surface area (Å²) in [5.74, 6) is -1.18. The van der Waals surface area contributed by atoms with Gasteiger partial charge in [0.05, 0.1) is 34.4 Å². The Morgan fingerprint density at radius 2 is 1.85 bits per heavy atom. The smallest absolute Gasteiger partial charge is 0.319 e. The lowest BCUT2D eigenvalue weighted by Crippen LogP contribution is -2.14. The molecule has 0 fully saturated rings. The standard InChI is InChI=1S/C19H15F4N3O/c1-11-6-7-17(16(20)8-11)25-18(27)15-10-24-26(12(15)2)14-5-3-4-13(9-14)19(21,22)23/h3-10H,1-2H3,(H,25,27). The highest BCUT2D eigenvalue weighted by Crippen LogP contribution is 2.30. The SMILES string of the molecule is Cc1ccc(NC(=O)c2cnn(-c3cccc(C(F)(F)F)c3)c2C)c(F)c1. The zero-order valence-electron chi connectivity index (χ0n) is 14.4. The van der Waals surface area contributed by atoms with E-state index in [4.69, 9.17) is 0 Å². The predicted octanol–water partition coefficient (Wildman–Crippen LogP) is 4.90. The molecule has 3 rings (SSSR count). The zero-order valence-corrected chi connectivity index (χ0v) is 14.4. The van der Waals surface area contributed by atoms with Crippen LogP contribution in [0.15, 0.2) is 48.7 Å². The molecule has 0 aliphatic heterocycles. The van der Waals surface area contributed by atoms with Gasteiger partial charge in [0.2, 0.25) is 0 Å². The number of alkyl halides is 3. The summed E-state index contributed by atoms with van der Waals surface area (Å²) < 4.78 is 53.8. The fourth-order valence-electron chi connectivity index (χ4n) is 2.62. The summed E-state index contributed by atoms with van der Waals surface area (Å²) in [6.45, 7) is 3.27. The lowest BCUT2D eigenvalue weighted by atomic mass is 10.2. The van der Waals surface area contributed by atoms with E-state index in [0.29, 0.717) is 11.3 Å². The monoisotopic (exact) mass is 377 g/mol. The molecule has 1 aromatic heterocycles. The lowest BCUT2D eigenvalue weighted by Gasteiger charge is -2.10. The van der Waals surface area contributed by atoms with Crippen LogP contribution in [0, 0.1) is 19.7 Å². The highest BCUT2D eigenvalue weighted by Gasteiger charge is 2.30. The summed E-state index contributed by atoms with van der Waals surface area (Å²) >= 11 is 0. The Balaban J connectivity index is 1.90. The first-order valence-corrected chi connectivity index (χ1v) is 7.96. The Bertz CT molecular complexity index is 1010. The maximum Gasteiger partial charge on any atom is 0.416 e. The van der Waals surface area contributed by atoms with Crippen LogP contribution in [0.1, 0.15) is 27.2 Å². The van der Waals surface area contributed by atoms with Crippen LogP contribution in [0.4, 0.5) is 23.2 Å². The van der Waals surface area contributed by atoms with Crippen LogP contribution in [0.5, 0.6) is 0 Å². The molecule has 0 atom stereocenters. The molecule has 1 heterocycles. The van der Waals surface area contributed by atoms with Crippen LogP contribution in [-0.4, -0.2) is 15.7 Å². The van der Waals surface area contributed by atoms with Crippen molar-refractivity contribution in [3.05, 3.63) is 76.9 Å². The minimum atomic E-state index is -4.49. The van der Waals surface area contributed by atoms with Gasteiger partial charge < -0.3 is 5.32 Å². The number of nitrogens with zero attached hydrogens (tertiary/aromatic N) is 2. The summed E-state index contributed by atoms with van der Waals surface area (Å²) in [5.41, 5.74) is 0.535. The molecule has 1 amide bonds. The summed E-state index contributed by atoms with van der Waals surface area (Å²) in [6, 6.07) is 9.00. The first-order chi connectivity index (χ1) is 12.7. The molecule has 1 N–H and O–H groups in total. The summed E-state index contributed by atoms with van der Waals surface area (Å²) in [7, 11) is 0. The molecule has 3 aromatic rings. The maximum atomic E-state index is 13.9. The van der Waals surface area contributed by atoms with Crippen LogP contribution in [0.25, 0.3) is 5.69 Å². The fraction of sp³-hybridized carbons (Fsp3) is 0.158. The van der Waals surface area contributed by atoms with Crippen molar-refractivity contribution < 1.29 is 22.4 Å². The third kappa shape index (κ3) is 3.84. The molecule has 4 nitrogen and oxygen atoms in total. The van der Waals surface area contributed by atoms with Crippen molar-refractivity contribution in [3.63, 3.8) is 0 Å². The van der Waals surface area contributed by atoms with E-state index in [1.54, 1.807) is 19.9 Å². The van der Waals surface area contributed by atoms with E-state index in [-0.39, 0.29) is 16.9 Å². The number of hydrogen-bond donors (Lipinski definition) is 1. The molecule has 27 heavy (non-hydrogen) atoms. The van der Waals surface area contributed by atoms with Crippen molar-refractivity contribution in [1.29, 1.82) is 0 Å². The van der Waals surface area contributed by atoms with E-state index in [1.165, 1.54) is 35.1 Å². The quantitative estimate of drug-likeness (QED) is 0.660. The van der Waals surface area contributed by atoms with Crippen molar-refractivity contribution in [2.45, 2.75) is 20.0 Å². The van der Waals surface area contributed by atoms with E-state index < -0.39 is 23.5 Å². The largest absolute Gasteiger partial charge is 0.416 e. The first-order valence-electron chi connectivity index (χ1n) is 7.96. The third-order valence-electron chi connectivity index (χ3n) is 4.05. The molecular weight excluding hydrogens is 362 g/mol. The molecule has 0 aliphatic rings. The second-order valence-corrected chi connectivity index (χ2v) is 6.04. The van der Waals surface area contributed by atoms with Gasteiger partial charge in [-0.3, -0.25) is 4.79 Å². The van der Waals surface area contributed by atoms with Gasteiger partial charge in [0.1, 0.15) is 5.82 Å². The molecule has 2 aromatic carbocycles. The zero-order chi connectivity index (χ0) is 19.8. The number of rotatable bonds is 3. The number of hydrogen-bond acceptors (Lipinski definition) is 2. The van der Waals surface area contributed by atoms with Gasteiger partial charge in [0.15, 0.2) is 0 Å². The van der Waals surface area contributed by atoms with Gasteiger partial charge in [-0.25, -0.2) is 9.07 Å². The van der Waals surface area contributed by atoms with Gasteiger partial charge in [-0.15, -0.1) is 0 Å². The number of aromatic nitrogens is 2. The lowest BCUT2D eigenvalue weighted by molar-refractivity contribution is -0.137. The summed E-state index contributed by atoms with van der Waals surface area (Å²) in [4.78, 5) is 12.4. The number of carbonyl (C=O) groups excluding carboxylic acids is 1.